The van der Waals surface area contributed by atoms with Crippen LogP contribution in [0.2, 0.25) is 0 Å². The van der Waals surface area contributed by atoms with Gasteiger partial charge in [0.15, 0.2) is 11.5 Å². The lowest BCUT2D eigenvalue weighted by Crippen LogP contribution is -2.38. The minimum absolute atomic E-state index is 0.0571. The molecule has 0 fully saturated rings. The summed E-state index contributed by atoms with van der Waals surface area (Å²) in [4.78, 5) is -0.275. The van der Waals surface area contributed by atoms with Crippen LogP contribution >= 0.6 is 0 Å². The summed E-state index contributed by atoms with van der Waals surface area (Å²) in [6, 6.07) is 8.43. The van der Waals surface area contributed by atoms with E-state index < -0.39 is 27.7 Å². The van der Waals surface area contributed by atoms with Crippen LogP contribution in [-0.4, -0.2) is 33.2 Å². The molecule has 0 saturated heterocycles. The molecule has 0 spiro atoms. The van der Waals surface area contributed by atoms with Crippen LogP contribution < -0.4 is 18.9 Å². The van der Waals surface area contributed by atoms with Gasteiger partial charge in [-0.25, -0.2) is 13.1 Å². The maximum Gasteiger partial charge on any atom is 0.573 e. The van der Waals surface area contributed by atoms with Crippen LogP contribution in [0.1, 0.15) is 12.5 Å². The molecule has 0 aromatic heterocycles. The smallest absolute Gasteiger partial charge is 0.454 e. The Kier molecular flexibility index (Phi) is 5.17. The fourth-order valence-corrected chi connectivity index (χ4v) is 3.61. The molecule has 0 unspecified atom stereocenters. The van der Waals surface area contributed by atoms with Crippen molar-refractivity contribution in [3.05, 3.63) is 48.0 Å². The Morgan fingerprint density at radius 2 is 1.75 bits per heavy atom. The predicted molar refractivity (Wildman–Crippen MR) is 90.4 cm³/mol. The van der Waals surface area contributed by atoms with Gasteiger partial charge in [-0.15, -0.1) is 13.2 Å². The summed E-state index contributed by atoms with van der Waals surface area (Å²) in [6.07, 6.45) is -4.87. The van der Waals surface area contributed by atoms with Crippen molar-refractivity contribution in [2.75, 3.05) is 13.3 Å². The van der Waals surface area contributed by atoms with E-state index in [9.17, 15) is 26.7 Å². The molecule has 0 saturated carbocycles. The van der Waals surface area contributed by atoms with Gasteiger partial charge in [-0.1, -0.05) is 6.07 Å². The van der Waals surface area contributed by atoms with Crippen molar-refractivity contribution in [3.63, 3.8) is 0 Å². The zero-order valence-corrected chi connectivity index (χ0v) is 15.3. The van der Waals surface area contributed by atoms with E-state index in [1.807, 2.05) is 0 Å². The molecule has 0 aliphatic carbocycles. The van der Waals surface area contributed by atoms with Crippen LogP contribution in [-0.2, 0) is 15.6 Å². The molecule has 0 bridgehead atoms. The molecule has 152 valence electrons. The first-order valence-corrected chi connectivity index (χ1v) is 9.43. The number of sulfonamides is 1. The predicted octanol–water partition coefficient (Wildman–Crippen LogP) is 2.50. The standard InChI is InChI=1S/C17H16F3NO6S/c1-16(22,11-2-7-14-15(8-11)26-10-25-14)9-21-28(23,24)13-5-3-12(4-6-13)27-17(18,19)20/h2-8,21-22H,9-10H2,1H3/t16-/m1/s1. The van der Waals surface area contributed by atoms with E-state index in [0.717, 1.165) is 24.3 Å². The van der Waals surface area contributed by atoms with Gasteiger partial charge in [0, 0.05) is 6.54 Å². The van der Waals surface area contributed by atoms with Crippen LogP contribution in [0.3, 0.4) is 0 Å². The Balaban J connectivity index is 1.70. The minimum atomic E-state index is -4.87. The minimum Gasteiger partial charge on any atom is -0.454 e. The summed E-state index contributed by atoms with van der Waals surface area (Å²) in [5, 5.41) is 10.6. The highest BCUT2D eigenvalue weighted by Gasteiger charge is 2.31. The highest BCUT2D eigenvalue weighted by Crippen LogP contribution is 2.35. The van der Waals surface area contributed by atoms with E-state index >= 15 is 0 Å². The molecule has 1 aliphatic rings. The second kappa shape index (κ2) is 7.15. The number of alkyl halides is 3. The number of ether oxygens (including phenoxy) is 3. The van der Waals surface area contributed by atoms with Crippen LogP contribution in [0, 0.1) is 0 Å². The monoisotopic (exact) mass is 419 g/mol. The molecule has 0 radical (unpaired) electrons. The second-order valence-electron chi connectivity index (χ2n) is 6.19. The van der Waals surface area contributed by atoms with Crippen molar-refractivity contribution >= 4 is 10.0 Å². The number of rotatable bonds is 6. The highest BCUT2D eigenvalue weighted by molar-refractivity contribution is 7.89. The second-order valence-corrected chi connectivity index (χ2v) is 7.95. The molecule has 0 amide bonds. The first kappa shape index (κ1) is 20.2. The summed E-state index contributed by atoms with van der Waals surface area (Å²) < 4.78 is 77.6. The number of nitrogens with one attached hydrogen (secondary N) is 1. The molecule has 28 heavy (non-hydrogen) atoms. The van der Waals surface area contributed by atoms with Gasteiger partial charge in [-0.2, -0.15) is 0 Å². The van der Waals surface area contributed by atoms with Crippen LogP contribution in [0.5, 0.6) is 17.2 Å². The van der Waals surface area contributed by atoms with Crippen LogP contribution in [0.15, 0.2) is 47.4 Å². The summed E-state index contributed by atoms with van der Waals surface area (Å²) in [6.45, 7) is 1.09. The molecule has 1 atom stereocenters. The van der Waals surface area contributed by atoms with Crippen molar-refractivity contribution in [1.29, 1.82) is 0 Å². The summed E-state index contributed by atoms with van der Waals surface area (Å²) in [7, 11) is -4.08. The van der Waals surface area contributed by atoms with Crippen molar-refractivity contribution in [1.82, 2.24) is 4.72 Å². The van der Waals surface area contributed by atoms with Crippen molar-refractivity contribution < 1.29 is 40.9 Å². The lowest BCUT2D eigenvalue weighted by atomic mass is 9.96. The van der Waals surface area contributed by atoms with Gasteiger partial charge < -0.3 is 19.3 Å². The van der Waals surface area contributed by atoms with Crippen LogP contribution in [0.25, 0.3) is 0 Å². The largest absolute Gasteiger partial charge is 0.573 e. The Hall–Kier alpha value is -2.50. The molecule has 2 N–H and O–H groups in total. The quantitative estimate of drug-likeness (QED) is 0.747. The molecular weight excluding hydrogens is 403 g/mol. The molecule has 3 rings (SSSR count). The molecular formula is C17H16F3NO6S. The lowest BCUT2D eigenvalue weighted by molar-refractivity contribution is -0.274. The first-order valence-electron chi connectivity index (χ1n) is 7.94. The van der Waals surface area contributed by atoms with Crippen molar-refractivity contribution in [2.45, 2.75) is 23.8 Å². The molecule has 2 aromatic carbocycles. The number of fused-ring (bicyclic) bond motifs is 1. The third kappa shape index (κ3) is 4.66. The van der Waals surface area contributed by atoms with Crippen molar-refractivity contribution in [2.24, 2.45) is 0 Å². The SMILES string of the molecule is C[C@@](O)(CNS(=O)(=O)c1ccc(OC(F)(F)F)cc1)c1ccc2c(c1)OCO2. The van der Waals surface area contributed by atoms with E-state index in [1.54, 1.807) is 18.2 Å². The summed E-state index contributed by atoms with van der Waals surface area (Å²) in [5.41, 5.74) is -1.18. The molecule has 11 heteroatoms. The van der Waals surface area contributed by atoms with Gasteiger partial charge in [0.2, 0.25) is 16.8 Å². The number of hydrogen-bond acceptors (Lipinski definition) is 6. The Bertz CT molecular complexity index is 958. The highest BCUT2D eigenvalue weighted by atomic mass is 32.2. The van der Waals surface area contributed by atoms with Gasteiger partial charge in [0.25, 0.3) is 0 Å². The molecule has 1 aliphatic heterocycles. The Morgan fingerprint density at radius 3 is 2.39 bits per heavy atom. The topological polar surface area (TPSA) is 94.1 Å². The van der Waals surface area contributed by atoms with Gasteiger partial charge in [-0.05, 0) is 48.9 Å². The third-order valence-corrected chi connectivity index (χ3v) is 5.39. The molecule has 1 heterocycles. The van der Waals surface area contributed by atoms with E-state index in [0.29, 0.717) is 17.1 Å². The van der Waals surface area contributed by atoms with E-state index in [4.69, 9.17) is 9.47 Å². The fraction of sp³-hybridized carbons (Fsp3) is 0.294. The zero-order chi connectivity index (χ0) is 20.6. The fourth-order valence-electron chi connectivity index (χ4n) is 2.47. The number of benzene rings is 2. The average molecular weight is 419 g/mol. The van der Waals surface area contributed by atoms with E-state index in [-0.39, 0.29) is 18.2 Å². The maximum atomic E-state index is 12.4. The number of aliphatic hydroxyl groups is 1. The Labute approximate surface area is 158 Å². The van der Waals surface area contributed by atoms with Gasteiger partial charge in [0.05, 0.1) is 4.90 Å². The molecule has 7 nitrogen and oxygen atoms in total. The first-order chi connectivity index (χ1) is 13.0. The molecule has 2 aromatic rings. The zero-order valence-electron chi connectivity index (χ0n) is 14.5. The van der Waals surface area contributed by atoms with E-state index in [1.165, 1.54) is 6.92 Å². The van der Waals surface area contributed by atoms with E-state index in [2.05, 4.69) is 9.46 Å². The summed E-state index contributed by atoms with van der Waals surface area (Å²) >= 11 is 0. The van der Waals surface area contributed by atoms with Crippen LogP contribution in [0.4, 0.5) is 13.2 Å². The number of halogens is 3. The average Bonchev–Trinajstić information content (AvgIpc) is 3.07. The maximum absolute atomic E-state index is 12.4. The summed E-state index contributed by atoms with van der Waals surface area (Å²) in [5.74, 6) is 0.404. The van der Waals surface area contributed by atoms with Crippen molar-refractivity contribution in [3.8, 4) is 17.2 Å². The Morgan fingerprint density at radius 1 is 1.11 bits per heavy atom. The third-order valence-electron chi connectivity index (χ3n) is 3.97. The number of hydrogen-bond donors (Lipinski definition) is 2. The normalized spacial score (nSPS) is 15.9. The van der Waals surface area contributed by atoms with Gasteiger partial charge in [0.1, 0.15) is 11.4 Å². The van der Waals surface area contributed by atoms with Gasteiger partial charge >= 0.3 is 6.36 Å². The lowest BCUT2D eigenvalue weighted by Gasteiger charge is -2.24. The van der Waals surface area contributed by atoms with Gasteiger partial charge in [-0.3, -0.25) is 0 Å².